The number of hydrogen-bond donors (Lipinski definition) is 2. The van der Waals surface area contributed by atoms with Crippen molar-refractivity contribution in [3.63, 3.8) is 0 Å². The summed E-state index contributed by atoms with van der Waals surface area (Å²) in [5.41, 5.74) is 2.83. The van der Waals surface area contributed by atoms with Crippen LogP contribution in [-0.4, -0.2) is 33.4 Å². The Morgan fingerprint density at radius 1 is 1.19 bits per heavy atom. The molecule has 92 valence electrons. The van der Waals surface area contributed by atoms with Crippen LogP contribution >= 0.6 is 11.3 Å². The molecular formula is C12H22N2OS. The van der Waals surface area contributed by atoms with Crippen molar-refractivity contribution >= 4 is 11.3 Å². The second-order valence-corrected chi connectivity index (χ2v) is 4.60. The van der Waals surface area contributed by atoms with E-state index in [4.69, 9.17) is 4.74 Å². The molecule has 0 aliphatic heterocycles. The van der Waals surface area contributed by atoms with Gasteiger partial charge in [-0.2, -0.15) is 11.3 Å². The van der Waals surface area contributed by atoms with E-state index in [-0.39, 0.29) is 0 Å². The number of hydrogen-bond acceptors (Lipinski definition) is 4. The summed E-state index contributed by atoms with van der Waals surface area (Å²) in [6.07, 6.45) is 1.16. The Kier molecular flexibility index (Phi) is 7.42. The number of methoxy groups -OCH3 is 1. The van der Waals surface area contributed by atoms with Gasteiger partial charge in [0.05, 0.1) is 6.61 Å². The molecule has 0 saturated heterocycles. The van der Waals surface area contributed by atoms with Crippen molar-refractivity contribution in [1.82, 2.24) is 10.6 Å². The van der Waals surface area contributed by atoms with Crippen LogP contribution in [0.2, 0.25) is 0 Å². The van der Waals surface area contributed by atoms with Crippen LogP contribution in [-0.2, 0) is 11.3 Å². The Bertz CT molecular complexity index is 276. The normalized spacial score (nSPS) is 10.9. The molecule has 1 rings (SSSR count). The summed E-state index contributed by atoms with van der Waals surface area (Å²) >= 11 is 1.78. The minimum atomic E-state index is 0.793. The zero-order valence-electron chi connectivity index (χ0n) is 10.2. The highest BCUT2D eigenvalue weighted by Gasteiger charge is 1.97. The second-order valence-electron chi connectivity index (χ2n) is 3.85. The zero-order chi connectivity index (χ0) is 11.6. The molecule has 0 spiro atoms. The van der Waals surface area contributed by atoms with Gasteiger partial charge in [-0.3, -0.25) is 0 Å². The lowest BCUT2D eigenvalue weighted by molar-refractivity contribution is 0.199. The SMILES string of the molecule is COCCNCCCNCc1cscc1C. The molecule has 0 radical (unpaired) electrons. The van der Waals surface area contributed by atoms with E-state index in [0.29, 0.717) is 0 Å². The lowest BCUT2D eigenvalue weighted by atomic mass is 10.2. The van der Waals surface area contributed by atoms with Gasteiger partial charge < -0.3 is 15.4 Å². The largest absolute Gasteiger partial charge is 0.383 e. The monoisotopic (exact) mass is 242 g/mol. The first kappa shape index (κ1) is 13.6. The molecular weight excluding hydrogens is 220 g/mol. The Labute approximate surface area is 102 Å². The molecule has 16 heavy (non-hydrogen) atoms. The third kappa shape index (κ3) is 5.61. The molecule has 0 bridgehead atoms. The highest BCUT2D eigenvalue weighted by Crippen LogP contribution is 2.12. The number of aryl methyl sites for hydroxylation is 1. The number of nitrogens with one attached hydrogen (secondary N) is 2. The van der Waals surface area contributed by atoms with Gasteiger partial charge in [0.1, 0.15) is 0 Å². The molecule has 1 aromatic rings. The molecule has 0 saturated carbocycles. The highest BCUT2D eigenvalue weighted by molar-refractivity contribution is 7.08. The summed E-state index contributed by atoms with van der Waals surface area (Å²) in [5, 5.41) is 11.2. The van der Waals surface area contributed by atoms with Crippen LogP contribution in [0.25, 0.3) is 0 Å². The molecule has 0 amide bonds. The second kappa shape index (κ2) is 8.70. The molecule has 4 heteroatoms. The van der Waals surface area contributed by atoms with Crippen LogP contribution in [0.5, 0.6) is 0 Å². The fourth-order valence-electron chi connectivity index (χ4n) is 1.43. The fourth-order valence-corrected chi connectivity index (χ4v) is 2.29. The average molecular weight is 242 g/mol. The summed E-state index contributed by atoms with van der Waals surface area (Å²) in [6, 6.07) is 0. The van der Waals surface area contributed by atoms with Crippen molar-refractivity contribution < 1.29 is 4.74 Å². The van der Waals surface area contributed by atoms with E-state index >= 15 is 0 Å². The molecule has 2 N–H and O–H groups in total. The molecule has 0 aliphatic carbocycles. The van der Waals surface area contributed by atoms with Crippen molar-refractivity contribution in [2.75, 3.05) is 33.4 Å². The van der Waals surface area contributed by atoms with Crippen molar-refractivity contribution in [2.45, 2.75) is 19.9 Å². The van der Waals surface area contributed by atoms with Crippen LogP contribution in [0.1, 0.15) is 17.5 Å². The van der Waals surface area contributed by atoms with Gasteiger partial charge in [0.2, 0.25) is 0 Å². The molecule has 1 heterocycles. The molecule has 0 atom stereocenters. The Balaban J connectivity index is 1.91. The van der Waals surface area contributed by atoms with E-state index in [2.05, 4.69) is 28.3 Å². The summed E-state index contributed by atoms with van der Waals surface area (Å²) in [4.78, 5) is 0. The fraction of sp³-hybridized carbons (Fsp3) is 0.667. The number of ether oxygens (including phenoxy) is 1. The molecule has 1 aromatic heterocycles. The molecule has 0 aliphatic rings. The van der Waals surface area contributed by atoms with Crippen LogP contribution in [0, 0.1) is 6.92 Å². The van der Waals surface area contributed by atoms with E-state index in [9.17, 15) is 0 Å². The van der Waals surface area contributed by atoms with Crippen LogP contribution in [0.3, 0.4) is 0 Å². The minimum Gasteiger partial charge on any atom is -0.383 e. The third-order valence-corrected chi connectivity index (χ3v) is 3.38. The summed E-state index contributed by atoms with van der Waals surface area (Å²) in [7, 11) is 1.73. The highest BCUT2D eigenvalue weighted by atomic mass is 32.1. The Hall–Kier alpha value is -0.420. The van der Waals surface area contributed by atoms with Gasteiger partial charge in [-0.05, 0) is 48.3 Å². The van der Waals surface area contributed by atoms with Crippen LogP contribution in [0.15, 0.2) is 10.8 Å². The number of rotatable bonds is 9. The van der Waals surface area contributed by atoms with E-state index in [1.165, 1.54) is 11.1 Å². The van der Waals surface area contributed by atoms with Gasteiger partial charge in [-0.1, -0.05) is 0 Å². The predicted octanol–water partition coefficient (Wildman–Crippen LogP) is 1.77. The van der Waals surface area contributed by atoms with Gasteiger partial charge in [-0.25, -0.2) is 0 Å². The van der Waals surface area contributed by atoms with Crippen molar-refractivity contribution in [3.05, 3.63) is 21.9 Å². The summed E-state index contributed by atoms with van der Waals surface area (Å²) in [6.45, 7) is 7.02. The lowest BCUT2D eigenvalue weighted by Gasteiger charge is -2.05. The quantitative estimate of drug-likeness (QED) is 0.648. The smallest absolute Gasteiger partial charge is 0.0587 e. The first-order chi connectivity index (χ1) is 7.84. The van der Waals surface area contributed by atoms with Gasteiger partial charge in [0.15, 0.2) is 0 Å². The average Bonchev–Trinajstić information content (AvgIpc) is 2.68. The maximum Gasteiger partial charge on any atom is 0.0587 e. The van der Waals surface area contributed by atoms with Gasteiger partial charge in [-0.15, -0.1) is 0 Å². The Morgan fingerprint density at radius 3 is 2.69 bits per heavy atom. The molecule has 0 unspecified atom stereocenters. The zero-order valence-corrected chi connectivity index (χ0v) is 11.0. The standard InChI is InChI=1S/C12H22N2OS/c1-11-9-16-10-12(11)8-14-5-3-4-13-6-7-15-2/h9-10,13-14H,3-8H2,1-2H3. The molecule has 0 fully saturated rings. The topological polar surface area (TPSA) is 33.3 Å². The van der Waals surface area contributed by atoms with Gasteiger partial charge in [0.25, 0.3) is 0 Å². The first-order valence-electron chi connectivity index (χ1n) is 5.76. The van der Waals surface area contributed by atoms with Crippen molar-refractivity contribution in [1.29, 1.82) is 0 Å². The molecule has 3 nitrogen and oxygen atoms in total. The van der Waals surface area contributed by atoms with E-state index in [1.807, 2.05) is 0 Å². The van der Waals surface area contributed by atoms with E-state index < -0.39 is 0 Å². The Morgan fingerprint density at radius 2 is 2.00 bits per heavy atom. The van der Waals surface area contributed by atoms with Gasteiger partial charge >= 0.3 is 0 Å². The van der Waals surface area contributed by atoms with Crippen LogP contribution < -0.4 is 10.6 Å². The number of thiophene rings is 1. The summed E-state index contributed by atoms with van der Waals surface area (Å²) in [5.74, 6) is 0. The molecule has 0 aromatic carbocycles. The third-order valence-electron chi connectivity index (χ3n) is 2.47. The lowest BCUT2D eigenvalue weighted by Crippen LogP contribution is -2.24. The van der Waals surface area contributed by atoms with E-state index in [1.54, 1.807) is 18.4 Å². The predicted molar refractivity (Wildman–Crippen MR) is 70.1 cm³/mol. The van der Waals surface area contributed by atoms with Crippen molar-refractivity contribution in [2.24, 2.45) is 0 Å². The maximum atomic E-state index is 4.95. The first-order valence-corrected chi connectivity index (χ1v) is 6.71. The minimum absolute atomic E-state index is 0.793. The summed E-state index contributed by atoms with van der Waals surface area (Å²) < 4.78 is 4.95. The van der Waals surface area contributed by atoms with E-state index in [0.717, 1.165) is 39.2 Å². The van der Waals surface area contributed by atoms with Crippen LogP contribution in [0.4, 0.5) is 0 Å². The van der Waals surface area contributed by atoms with Gasteiger partial charge in [0, 0.05) is 20.2 Å². The van der Waals surface area contributed by atoms with Crippen molar-refractivity contribution in [3.8, 4) is 0 Å². The maximum absolute atomic E-state index is 4.95.